The third-order valence-corrected chi connectivity index (χ3v) is 7.49. The zero-order valence-corrected chi connectivity index (χ0v) is 23.1. The third-order valence-electron chi connectivity index (χ3n) is 5.64. The van der Waals surface area contributed by atoms with E-state index in [1.165, 1.54) is 4.90 Å². The maximum absolute atomic E-state index is 13.7. The summed E-state index contributed by atoms with van der Waals surface area (Å²) in [5, 5.41) is 3.55. The first kappa shape index (κ1) is 28.9. The van der Waals surface area contributed by atoms with Crippen molar-refractivity contribution < 1.29 is 18.0 Å². The largest absolute Gasteiger partial charge is 0.354 e. The van der Waals surface area contributed by atoms with Crippen molar-refractivity contribution in [2.24, 2.45) is 0 Å². The van der Waals surface area contributed by atoms with Gasteiger partial charge in [-0.3, -0.25) is 13.9 Å². The first-order valence-corrected chi connectivity index (χ1v) is 14.1. The lowest BCUT2D eigenvalue weighted by Crippen LogP contribution is -2.52. The number of carbonyl (C=O) groups is 2. The van der Waals surface area contributed by atoms with Crippen LogP contribution in [-0.4, -0.2) is 50.5 Å². The number of nitrogens with zero attached hydrogens (tertiary/aromatic N) is 2. The molecule has 0 aliphatic carbocycles. The Balaban J connectivity index is 2.50. The lowest BCUT2D eigenvalue weighted by molar-refractivity contribution is -0.140. The van der Waals surface area contributed by atoms with E-state index in [1.807, 2.05) is 19.9 Å². The molecule has 192 valence electrons. The number of para-hydroxylation sites is 1. The standard InChI is InChI=1S/C25H33Cl2N3O4S/c1-6-13-28-25(32)22(7-2)29(15-19-11-12-20(26)21(27)14-19)23(31)16-30(35(5,33)34)24-17(3)9-8-10-18(24)4/h8-12,14,22H,6-7,13,15-16H2,1-5H3,(H,28,32)/t22-/m0/s1. The molecule has 2 amide bonds. The van der Waals surface area contributed by atoms with Gasteiger partial charge in [-0.2, -0.15) is 0 Å². The van der Waals surface area contributed by atoms with Gasteiger partial charge in [0, 0.05) is 13.1 Å². The fraction of sp³-hybridized carbons (Fsp3) is 0.440. The number of hydrogen-bond donors (Lipinski definition) is 1. The van der Waals surface area contributed by atoms with Gasteiger partial charge in [0.1, 0.15) is 12.6 Å². The summed E-state index contributed by atoms with van der Waals surface area (Å²) in [6.07, 6.45) is 2.17. The number of amides is 2. The zero-order chi connectivity index (χ0) is 26.3. The molecule has 1 atom stereocenters. The van der Waals surface area contributed by atoms with Crippen LogP contribution < -0.4 is 9.62 Å². The minimum absolute atomic E-state index is 0.0676. The summed E-state index contributed by atoms with van der Waals surface area (Å²) in [6, 6.07) is 9.63. The van der Waals surface area contributed by atoms with Crippen molar-refractivity contribution in [2.45, 2.75) is 53.1 Å². The SMILES string of the molecule is CCCNC(=O)[C@H](CC)N(Cc1ccc(Cl)c(Cl)c1)C(=O)CN(c1c(C)cccc1C)S(C)(=O)=O. The highest BCUT2D eigenvalue weighted by atomic mass is 35.5. The van der Waals surface area contributed by atoms with Crippen molar-refractivity contribution in [3.05, 3.63) is 63.1 Å². The highest BCUT2D eigenvalue weighted by Gasteiger charge is 2.32. The van der Waals surface area contributed by atoms with Gasteiger partial charge in [-0.1, -0.05) is 61.3 Å². The lowest BCUT2D eigenvalue weighted by Gasteiger charge is -2.33. The van der Waals surface area contributed by atoms with Crippen molar-refractivity contribution in [3.8, 4) is 0 Å². The Kier molecular flexibility index (Phi) is 10.4. The van der Waals surface area contributed by atoms with Crippen molar-refractivity contribution in [1.82, 2.24) is 10.2 Å². The molecule has 0 aliphatic heterocycles. The van der Waals surface area contributed by atoms with Crippen LogP contribution in [0.4, 0.5) is 5.69 Å². The van der Waals surface area contributed by atoms with Gasteiger partial charge in [0.15, 0.2) is 0 Å². The van der Waals surface area contributed by atoms with Gasteiger partial charge in [-0.15, -0.1) is 0 Å². The molecule has 7 nitrogen and oxygen atoms in total. The van der Waals surface area contributed by atoms with Gasteiger partial charge in [-0.25, -0.2) is 8.42 Å². The highest BCUT2D eigenvalue weighted by Crippen LogP contribution is 2.28. The minimum Gasteiger partial charge on any atom is -0.354 e. The quantitative estimate of drug-likeness (QED) is 0.446. The van der Waals surface area contributed by atoms with Gasteiger partial charge in [0.25, 0.3) is 0 Å². The first-order valence-electron chi connectivity index (χ1n) is 11.5. The van der Waals surface area contributed by atoms with Crippen LogP contribution in [0, 0.1) is 13.8 Å². The molecule has 35 heavy (non-hydrogen) atoms. The van der Waals surface area contributed by atoms with Gasteiger partial charge >= 0.3 is 0 Å². The Labute approximate surface area is 218 Å². The van der Waals surface area contributed by atoms with Crippen LogP contribution in [0.2, 0.25) is 10.0 Å². The van der Waals surface area contributed by atoms with E-state index in [1.54, 1.807) is 44.2 Å². The van der Waals surface area contributed by atoms with Crippen LogP contribution in [0.5, 0.6) is 0 Å². The number of anilines is 1. The van der Waals surface area contributed by atoms with Crippen LogP contribution in [0.25, 0.3) is 0 Å². The smallest absolute Gasteiger partial charge is 0.244 e. The molecule has 0 fully saturated rings. The van der Waals surface area contributed by atoms with E-state index in [4.69, 9.17) is 23.2 Å². The van der Waals surface area contributed by atoms with Crippen LogP contribution in [0.15, 0.2) is 36.4 Å². The van der Waals surface area contributed by atoms with E-state index < -0.39 is 28.5 Å². The Hall–Kier alpha value is -2.29. The van der Waals surface area contributed by atoms with E-state index in [9.17, 15) is 18.0 Å². The van der Waals surface area contributed by atoms with Gasteiger partial charge in [-0.05, 0) is 55.5 Å². The molecule has 0 radical (unpaired) electrons. The Morgan fingerprint density at radius 2 is 1.66 bits per heavy atom. The number of carbonyl (C=O) groups excluding carboxylic acids is 2. The van der Waals surface area contributed by atoms with Crippen molar-refractivity contribution in [1.29, 1.82) is 0 Å². The van der Waals surface area contributed by atoms with E-state index >= 15 is 0 Å². The fourth-order valence-electron chi connectivity index (χ4n) is 3.90. The number of benzene rings is 2. The number of aryl methyl sites for hydroxylation is 2. The molecule has 0 heterocycles. The predicted octanol–water partition coefficient (Wildman–Crippen LogP) is 4.71. The molecule has 0 saturated carbocycles. The molecule has 1 N–H and O–H groups in total. The van der Waals surface area contributed by atoms with Gasteiger partial charge in [0.2, 0.25) is 21.8 Å². The monoisotopic (exact) mass is 541 g/mol. The number of sulfonamides is 1. The van der Waals surface area contributed by atoms with E-state index in [0.29, 0.717) is 34.3 Å². The van der Waals surface area contributed by atoms with Crippen LogP contribution in [-0.2, 0) is 26.2 Å². The summed E-state index contributed by atoms with van der Waals surface area (Å²) in [5.74, 6) is -0.789. The molecule has 0 saturated heterocycles. The molecule has 2 aromatic carbocycles. The summed E-state index contributed by atoms with van der Waals surface area (Å²) in [5.41, 5.74) is 2.59. The van der Waals surface area contributed by atoms with Gasteiger partial charge in [0.05, 0.1) is 22.0 Å². The number of hydrogen-bond acceptors (Lipinski definition) is 4. The minimum atomic E-state index is -3.80. The van der Waals surface area contributed by atoms with Crippen LogP contribution in [0.3, 0.4) is 0 Å². The molecule has 10 heteroatoms. The average molecular weight is 543 g/mol. The summed E-state index contributed by atoms with van der Waals surface area (Å²) in [4.78, 5) is 28.1. The van der Waals surface area contributed by atoms with E-state index in [-0.39, 0.29) is 12.5 Å². The zero-order valence-electron chi connectivity index (χ0n) is 20.8. The number of rotatable bonds is 11. The third kappa shape index (κ3) is 7.59. The predicted molar refractivity (Wildman–Crippen MR) is 142 cm³/mol. The summed E-state index contributed by atoms with van der Waals surface area (Å²) >= 11 is 12.2. The maximum atomic E-state index is 13.7. The molecular weight excluding hydrogens is 509 g/mol. The average Bonchev–Trinajstić information content (AvgIpc) is 2.78. The summed E-state index contributed by atoms with van der Waals surface area (Å²) in [6.45, 7) is 7.44. The Bertz CT molecular complexity index is 1150. The molecule has 0 bridgehead atoms. The second kappa shape index (κ2) is 12.6. The summed E-state index contributed by atoms with van der Waals surface area (Å²) < 4.78 is 26.7. The Morgan fingerprint density at radius 1 is 1.03 bits per heavy atom. The normalized spacial score (nSPS) is 12.2. The Morgan fingerprint density at radius 3 is 2.17 bits per heavy atom. The molecule has 2 rings (SSSR count). The second-order valence-electron chi connectivity index (χ2n) is 8.50. The highest BCUT2D eigenvalue weighted by molar-refractivity contribution is 7.92. The second-order valence-corrected chi connectivity index (χ2v) is 11.2. The molecule has 0 spiro atoms. The van der Waals surface area contributed by atoms with Crippen molar-refractivity contribution in [3.63, 3.8) is 0 Å². The molecular formula is C25H33Cl2N3O4S. The van der Waals surface area contributed by atoms with Crippen molar-refractivity contribution in [2.75, 3.05) is 23.7 Å². The number of nitrogens with one attached hydrogen (secondary N) is 1. The molecule has 0 unspecified atom stereocenters. The number of halogens is 2. The van der Waals surface area contributed by atoms with E-state index in [2.05, 4.69) is 5.32 Å². The fourth-order valence-corrected chi connectivity index (χ4v) is 5.18. The van der Waals surface area contributed by atoms with Gasteiger partial charge < -0.3 is 10.2 Å². The maximum Gasteiger partial charge on any atom is 0.244 e. The topological polar surface area (TPSA) is 86.8 Å². The molecule has 0 aromatic heterocycles. The lowest BCUT2D eigenvalue weighted by atomic mass is 10.1. The molecule has 0 aliphatic rings. The summed E-state index contributed by atoms with van der Waals surface area (Å²) in [7, 11) is -3.80. The van der Waals surface area contributed by atoms with Crippen LogP contribution in [0.1, 0.15) is 43.4 Å². The van der Waals surface area contributed by atoms with E-state index in [0.717, 1.165) is 28.1 Å². The first-order chi connectivity index (χ1) is 16.4. The van der Waals surface area contributed by atoms with Crippen LogP contribution >= 0.6 is 23.2 Å². The van der Waals surface area contributed by atoms with Crippen molar-refractivity contribution >= 4 is 50.7 Å². The molecule has 2 aromatic rings.